The molecule has 1 aromatic carbocycles. The fourth-order valence-electron chi connectivity index (χ4n) is 1.50. The summed E-state index contributed by atoms with van der Waals surface area (Å²) in [7, 11) is 0. The van der Waals surface area contributed by atoms with Crippen molar-refractivity contribution in [1.82, 2.24) is 4.98 Å². The van der Waals surface area contributed by atoms with Crippen molar-refractivity contribution in [3.05, 3.63) is 46.2 Å². The third-order valence-electron chi connectivity index (χ3n) is 2.44. The maximum absolute atomic E-state index is 13.7. The molecule has 0 bridgehead atoms. The number of thiazole rings is 1. The van der Waals surface area contributed by atoms with E-state index in [2.05, 4.69) is 10.3 Å². The number of aryl methyl sites for hydroxylation is 1. The van der Waals surface area contributed by atoms with Crippen LogP contribution in [-0.4, -0.2) is 4.98 Å². The van der Waals surface area contributed by atoms with Crippen LogP contribution in [0.3, 0.4) is 0 Å². The van der Waals surface area contributed by atoms with Gasteiger partial charge in [0.05, 0.1) is 17.2 Å². The van der Waals surface area contributed by atoms with E-state index in [1.807, 2.05) is 13.0 Å². The highest BCUT2D eigenvalue weighted by Gasteiger charge is 2.10. The van der Waals surface area contributed by atoms with Crippen LogP contribution in [0, 0.1) is 12.7 Å². The van der Waals surface area contributed by atoms with E-state index in [1.54, 1.807) is 42.1 Å². The smallest absolute Gasteiger partial charge is 0.149 e. The van der Waals surface area contributed by atoms with Crippen LogP contribution in [0.25, 0.3) is 0 Å². The van der Waals surface area contributed by atoms with Gasteiger partial charge in [-0.1, -0.05) is 12.1 Å². The van der Waals surface area contributed by atoms with Gasteiger partial charge in [0.1, 0.15) is 5.82 Å². The minimum Gasteiger partial charge on any atom is -0.375 e. The number of nitrogens with zero attached hydrogens (tertiary/aromatic N) is 1. The molecule has 0 aliphatic carbocycles. The summed E-state index contributed by atoms with van der Waals surface area (Å²) in [6.07, 6.45) is 1.80. The van der Waals surface area contributed by atoms with Crippen LogP contribution in [0.1, 0.15) is 23.4 Å². The molecule has 1 unspecified atom stereocenters. The van der Waals surface area contributed by atoms with Gasteiger partial charge in [0.15, 0.2) is 0 Å². The fourth-order valence-corrected chi connectivity index (χ4v) is 2.13. The van der Waals surface area contributed by atoms with Crippen molar-refractivity contribution in [2.75, 3.05) is 5.32 Å². The van der Waals surface area contributed by atoms with Crippen LogP contribution in [0.4, 0.5) is 10.1 Å². The fraction of sp³-hybridized carbons (Fsp3) is 0.250. The number of hydrogen-bond donors (Lipinski definition) is 1. The lowest BCUT2D eigenvalue weighted by Crippen LogP contribution is -2.06. The number of halogens is 1. The van der Waals surface area contributed by atoms with E-state index in [-0.39, 0.29) is 11.9 Å². The third-order valence-corrected chi connectivity index (χ3v) is 3.40. The Balaban J connectivity index is 2.18. The molecular weight excluding hydrogens is 223 g/mol. The van der Waals surface area contributed by atoms with Gasteiger partial charge in [0, 0.05) is 11.1 Å². The molecular formula is C12H13FN2S. The number of benzene rings is 1. The molecule has 0 fully saturated rings. The van der Waals surface area contributed by atoms with Crippen LogP contribution >= 0.6 is 11.3 Å². The predicted octanol–water partition coefficient (Wildman–Crippen LogP) is 3.76. The van der Waals surface area contributed by atoms with Crippen molar-refractivity contribution in [2.24, 2.45) is 0 Å². The van der Waals surface area contributed by atoms with Crippen molar-refractivity contribution < 1.29 is 4.39 Å². The third kappa shape index (κ3) is 2.22. The molecule has 1 heterocycles. The quantitative estimate of drug-likeness (QED) is 0.877. The zero-order valence-electron chi connectivity index (χ0n) is 9.20. The lowest BCUT2D eigenvalue weighted by atomic mass is 10.2. The Labute approximate surface area is 98.2 Å². The SMILES string of the molecule is Cc1cccc(NC(C)c2cncs2)c1F. The molecule has 4 heteroatoms. The van der Waals surface area contributed by atoms with E-state index in [1.165, 1.54) is 0 Å². The molecule has 0 spiro atoms. The van der Waals surface area contributed by atoms with E-state index in [0.29, 0.717) is 11.3 Å². The summed E-state index contributed by atoms with van der Waals surface area (Å²) < 4.78 is 13.7. The van der Waals surface area contributed by atoms with Gasteiger partial charge in [0.25, 0.3) is 0 Å². The maximum atomic E-state index is 13.7. The van der Waals surface area contributed by atoms with Crippen LogP contribution in [-0.2, 0) is 0 Å². The largest absolute Gasteiger partial charge is 0.375 e. The summed E-state index contributed by atoms with van der Waals surface area (Å²) in [5.74, 6) is -0.182. The van der Waals surface area contributed by atoms with Crippen LogP contribution in [0.2, 0.25) is 0 Å². The molecule has 0 saturated heterocycles. The average Bonchev–Trinajstić information content (AvgIpc) is 2.78. The molecule has 1 atom stereocenters. The second-order valence-electron chi connectivity index (χ2n) is 3.71. The second-order valence-corrected chi connectivity index (χ2v) is 4.62. The molecule has 2 nitrogen and oxygen atoms in total. The summed E-state index contributed by atoms with van der Waals surface area (Å²) in [5.41, 5.74) is 2.97. The highest BCUT2D eigenvalue weighted by Crippen LogP contribution is 2.24. The monoisotopic (exact) mass is 236 g/mol. The second kappa shape index (κ2) is 4.61. The van der Waals surface area contributed by atoms with Gasteiger partial charge >= 0.3 is 0 Å². The number of hydrogen-bond acceptors (Lipinski definition) is 3. The molecule has 1 aromatic heterocycles. The first-order valence-electron chi connectivity index (χ1n) is 5.08. The molecule has 0 amide bonds. The van der Waals surface area contributed by atoms with Gasteiger partial charge in [-0.3, -0.25) is 4.98 Å². The van der Waals surface area contributed by atoms with E-state index in [9.17, 15) is 4.39 Å². The number of aromatic nitrogens is 1. The maximum Gasteiger partial charge on any atom is 0.149 e. The standard InChI is InChI=1S/C12H13FN2S/c1-8-4-3-5-10(12(8)13)15-9(2)11-6-14-7-16-11/h3-7,9,15H,1-2H3. The highest BCUT2D eigenvalue weighted by atomic mass is 32.1. The van der Waals surface area contributed by atoms with E-state index in [0.717, 1.165) is 4.88 Å². The Morgan fingerprint density at radius 2 is 2.25 bits per heavy atom. The van der Waals surface area contributed by atoms with Gasteiger partial charge in [-0.25, -0.2) is 4.39 Å². The number of anilines is 1. The summed E-state index contributed by atoms with van der Waals surface area (Å²) >= 11 is 1.56. The lowest BCUT2D eigenvalue weighted by molar-refractivity contribution is 0.618. The van der Waals surface area contributed by atoms with Crippen LogP contribution in [0.15, 0.2) is 29.9 Å². The van der Waals surface area contributed by atoms with Crippen molar-refractivity contribution >= 4 is 17.0 Å². The van der Waals surface area contributed by atoms with E-state index < -0.39 is 0 Å². The molecule has 1 N–H and O–H groups in total. The summed E-state index contributed by atoms with van der Waals surface area (Å²) in [6.45, 7) is 3.76. The number of rotatable bonds is 3. The number of nitrogens with one attached hydrogen (secondary N) is 1. The minimum atomic E-state index is -0.182. The Bertz CT molecular complexity index is 468. The van der Waals surface area contributed by atoms with Crippen LogP contribution in [0.5, 0.6) is 0 Å². The predicted molar refractivity (Wildman–Crippen MR) is 65.3 cm³/mol. The van der Waals surface area contributed by atoms with Crippen LogP contribution < -0.4 is 5.32 Å². The van der Waals surface area contributed by atoms with Gasteiger partial charge in [0.2, 0.25) is 0 Å². The van der Waals surface area contributed by atoms with Crippen molar-refractivity contribution in [2.45, 2.75) is 19.9 Å². The van der Waals surface area contributed by atoms with Gasteiger partial charge in [-0.15, -0.1) is 11.3 Å². The van der Waals surface area contributed by atoms with Gasteiger partial charge in [-0.05, 0) is 25.5 Å². The van der Waals surface area contributed by atoms with Crippen molar-refractivity contribution in [3.8, 4) is 0 Å². The molecule has 0 radical (unpaired) electrons. The Hall–Kier alpha value is -1.42. The Morgan fingerprint density at radius 1 is 1.44 bits per heavy atom. The molecule has 2 rings (SSSR count). The first-order valence-corrected chi connectivity index (χ1v) is 5.96. The first-order chi connectivity index (χ1) is 7.68. The normalized spacial score (nSPS) is 12.4. The summed E-state index contributed by atoms with van der Waals surface area (Å²) in [6, 6.07) is 5.43. The molecule has 16 heavy (non-hydrogen) atoms. The summed E-state index contributed by atoms with van der Waals surface area (Å²) in [5, 5.41) is 3.15. The van der Waals surface area contributed by atoms with E-state index in [4.69, 9.17) is 0 Å². The summed E-state index contributed by atoms with van der Waals surface area (Å²) in [4.78, 5) is 5.11. The van der Waals surface area contributed by atoms with Crippen molar-refractivity contribution in [1.29, 1.82) is 0 Å². The topological polar surface area (TPSA) is 24.9 Å². The van der Waals surface area contributed by atoms with Gasteiger partial charge < -0.3 is 5.32 Å². The minimum absolute atomic E-state index is 0.0730. The Kier molecular flexibility index (Phi) is 3.19. The molecule has 2 aromatic rings. The molecule has 0 saturated carbocycles. The van der Waals surface area contributed by atoms with Crippen molar-refractivity contribution in [3.63, 3.8) is 0 Å². The zero-order chi connectivity index (χ0) is 11.5. The lowest BCUT2D eigenvalue weighted by Gasteiger charge is -2.14. The van der Waals surface area contributed by atoms with Gasteiger partial charge in [-0.2, -0.15) is 0 Å². The van der Waals surface area contributed by atoms with E-state index >= 15 is 0 Å². The average molecular weight is 236 g/mol. The zero-order valence-corrected chi connectivity index (χ0v) is 10.0. The molecule has 84 valence electrons. The molecule has 0 aliphatic rings. The highest BCUT2D eigenvalue weighted by molar-refractivity contribution is 7.09. The molecule has 0 aliphatic heterocycles. The Morgan fingerprint density at radius 3 is 2.94 bits per heavy atom. The first kappa shape index (κ1) is 11.1.